The SMILES string of the molecule is CC(=O)[O-].CCCCCCCCC[n+]1ccccc1. The molecular weight excluding hydrogens is 238 g/mol. The van der Waals surface area contributed by atoms with Crippen molar-refractivity contribution in [1.29, 1.82) is 0 Å². The van der Waals surface area contributed by atoms with Gasteiger partial charge < -0.3 is 9.90 Å². The molecule has 1 rings (SSSR count). The predicted molar refractivity (Wildman–Crippen MR) is 75.3 cm³/mol. The standard InChI is InChI=1S/C14H24N.C2H4O2/c1-2-3-4-5-6-7-9-12-15-13-10-8-11-14-15;1-2(3)4/h8,10-11,13-14H,2-7,9,12H2,1H3;1H3,(H,3,4)/q+1;/p-1. The van der Waals surface area contributed by atoms with E-state index in [0.29, 0.717) is 0 Å². The molecule has 0 atom stereocenters. The average molecular weight is 265 g/mol. The van der Waals surface area contributed by atoms with E-state index in [-0.39, 0.29) is 0 Å². The minimum Gasteiger partial charge on any atom is -0.550 e. The van der Waals surface area contributed by atoms with Crippen molar-refractivity contribution < 1.29 is 14.5 Å². The molecule has 19 heavy (non-hydrogen) atoms. The first-order valence-electron chi connectivity index (χ1n) is 7.28. The minimum atomic E-state index is -1.08. The minimum absolute atomic E-state index is 0.972. The molecule has 0 N–H and O–H groups in total. The maximum Gasteiger partial charge on any atom is 0.168 e. The highest BCUT2D eigenvalue weighted by atomic mass is 16.4. The summed E-state index contributed by atoms with van der Waals surface area (Å²) in [5.41, 5.74) is 0. The number of carboxylic acids is 1. The van der Waals surface area contributed by atoms with Gasteiger partial charge in [0.1, 0.15) is 6.54 Å². The van der Waals surface area contributed by atoms with Crippen LogP contribution in [0.5, 0.6) is 0 Å². The number of carboxylic acid groups (broad SMARTS) is 1. The maximum absolute atomic E-state index is 8.89. The van der Waals surface area contributed by atoms with Crippen molar-refractivity contribution >= 4 is 5.97 Å². The van der Waals surface area contributed by atoms with Crippen molar-refractivity contribution in [3.8, 4) is 0 Å². The van der Waals surface area contributed by atoms with E-state index in [1.807, 2.05) is 0 Å². The second-order valence-electron chi connectivity index (χ2n) is 4.73. The number of hydrogen-bond acceptors (Lipinski definition) is 2. The molecule has 0 unspecified atom stereocenters. The van der Waals surface area contributed by atoms with Crippen LogP contribution in [0, 0.1) is 0 Å². The first-order chi connectivity index (χ1) is 9.16. The maximum atomic E-state index is 8.89. The van der Waals surface area contributed by atoms with Gasteiger partial charge in [-0.2, -0.15) is 0 Å². The topological polar surface area (TPSA) is 44.0 Å². The molecule has 1 heterocycles. The van der Waals surface area contributed by atoms with Gasteiger partial charge in [0.2, 0.25) is 0 Å². The molecule has 0 saturated heterocycles. The number of unbranched alkanes of at least 4 members (excludes halogenated alkanes) is 6. The number of aromatic nitrogens is 1. The molecule has 108 valence electrons. The summed E-state index contributed by atoms with van der Waals surface area (Å²) in [6.07, 6.45) is 14.0. The van der Waals surface area contributed by atoms with Crippen LogP contribution in [0.15, 0.2) is 30.6 Å². The second-order valence-corrected chi connectivity index (χ2v) is 4.73. The second kappa shape index (κ2) is 13.1. The Hall–Kier alpha value is -1.38. The molecule has 1 aromatic heterocycles. The molecule has 1 aromatic rings. The van der Waals surface area contributed by atoms with Gasteiger partial charge in [-0.25, -0.2) is 4.57 Å². The smallest absolute Gasteiger partial charge is 0.168 e. The summed E-state index contributed by atoms with van der Waals surface area (Å²) in [5.74, 6) is -1.08. The van der Waals surface area contributed by atoms with Gasteiger partial charge in [-0.05, 0) is 13.3 Å². The van der Waals surface area contributed by atoms with Crippen LogP contribution >= 0.6 is 0 Å². The van der Waals surface area contributed by atoms with Gasteiger partial charge in [-0.3, -0.25) is 0 Å². The summed E-state index contributed by atoms with van der Waals surface area (Å²) >= 11 is 0. The molecule has 3 nitrogen and oxygen atoms in total. The van der Waals surface area contributed by atoms with E-state index >= 15 is 0 Å². The third-order valence-corrected chi connectivity index (χ3v) is 2.80. The number of carbonyl (C=O) groups is 1. The molecule has 0 aromatic carbocycles. The normalized spacial score (nSPS) is 9.58. The Morgan fingerprint density at radius 1 is 0.947 bits per heavy atom. The van der Waals surface area contributed by atoms with E-state index in [1.54, 1.807) is 0 Å². The lowest BCUT2D eigenvalue weighted by atomic mass is 10.1. The summed E-state index contributed by atoms with van der Waals surface area (Å²) < 4.78 is 2.27. The molecule has 0 bridgehead atoms. The van der Waals surface area contributed by atoms with Gasteiger partial charge >= 0.3 is 0 Å². The lowest BCUT2D eigenvalue weighted by Gasteiger charge is -1.99. The van der Waals surface area contributed by atoms with E-state index in [4.69, 9.17) is 9.90 Å². The molecule has 0 radical (unpaired) electrons. The lowest BCUT2D eigenvalue weighted by Crippen LogP contribution is -2.32. The van der Waals surface area contributed by atoms with Gasteiger partial charge in [0.15, 0.2) is 12.4 Å². The van der Waals surface area contributed by atoms with Crippen LogP contribution in [0.25, 0.3) is 0 Å². The lowest BCUT2D eigenvalue weighted by molar-refractivity contribution is -0.697. The van der Waals surface area contributed by atoms with Crippen LogP contribution < -0.4 is 9.67 Å². The molecule has 0 aliphatic heterocycles. The van der Waals surface area contributed by atoms with Crippen molar-refractivity contribution in [3.05, 3.63) is 30.6 Å². The Balaban J connectivity index is 0.000000711. The van der Waals surface area contributed by atoms with E-state index in [1.165, 1.54) is 51.5 Å². The van der Waals surface area contributed by atoms with E-state index in [9.17, 15) is 0 Å². The molecule has 0 spiro atoms. The number of aliphatic carboxylic acids is 1. The molecule has 0 amide bonds. The number of hydrogen-bond donors (Lipinski definition) is 0. The number of aryl methyl sites for hydroxylation is 1. The van der Waals surface area contributed by atoms with Crippen LogP contribution in [0.1, 0.15) is 58.8 Å². The zero-order valence-corrected chi connectivity index (χ0v) is 12.3. The highest BCUT2D eigenvalue weighted by Crippen LogP contribution is 2.06. The first kappa shape index (κ1) is 17.6. The molecule has 0 fully saturated rings. The van der Waals surface area contributed by atoms with Crippen LogP contribution in [0.3, 0.4) is 0 Å². The van der Waals surface area contributed by atoms with Gasteiger partial charge in [0.05, 0.1) is 0 Å². The van der Waals surface area contributed by atoms with Crippen molar-refractivity contribution in [2.75, 3.05) is 0 Å². The largest absolute Gasteiger partial charge is 0.550 e. The fraction of sp³-hybridized carbons (Fsp3) is 0.625. The fourth-order valence-electron chi connectivity index (χ4n) is 1.83. The molecule has 0 aliphatic rings. The Kier molecular flexibility index (Phi) is 12.1. The highest BCUT2D eigenvalue weighted by Gasteiger charge is 1.97. The molecular formula is C16H27NO2. The number of carbonyl (C=O) groups excluding carboxylic acids is 1. The zero-order chi connectivity index (χ0) is 14.3. The zero-order valence-electron chi connectivity index (χ0n) is 12.3. The summed E-state index contributed by atoms with van der Waals surface area (Å²) in [4.78, 5) is 8.89. The number of pyridine rings is 1. The third-order valence-electron chi connectivity index (χ3n) is 2.80. The van der Waals surface area contributed by atoms with Crippen molar-refractivity contribution in [1.82, 2.24) is 0 Å². The predicted octanol–water partition coefficient (Wildman–Crippen LogP) is 2.48. The van der Waals surface area contributed by atoms with Crippen molar-refractivity contribution in [2.45, 2.75) is 65.3 Å². The van der Waals surface area contributed by atoms with Crippen LogP contribution in [-0.4, -0.2) is 5.97 Å². The Bertz CT molecular complexity index is 308. The Morgan fingerprint density at radius 3 is 1.95 bits per heavy atom. The van der Waals surface area contributed by atoms with E-state index in [0.717, 1.165) is 6.92 Å². The van der Waals surface area contributed by atoms with Crippen molar-refractivity contribution in [3.63, 3.8) is 0 Å². The highest BCUT2D eigenvalue weighted by molar-refractivity contribution is 5.60. The van der Waals surface area contributed by atoms with Gasteiger partial charge in [0.25, 0.3) is 0 Å². The van der Waals surface area contributed by atoms with Gasteiger partial charge in [-0.1, -0.05) is 45.1 Å². The molecule has 0 aliphatic carbocycles. The quantitative estimate of drug-likeness (QED) is 0.535. The van der Waals surface area contributed by atoms with Crippen molar-refractivity contribution in [2.24, 2.45) is 0 Å². The van der Waals surface area contributed by atoms with Gasteiger partial charge in [0, 0.05) is 24.5 Å². The molecule has 3 heteroatoms. The monoisotopic (exact) mass is 265 g/mol. The van der Waals surface area contributed by atoms with Gasteiger partial charge in [-0.15, -0.1) is 0 Å². The average Bonchev–Trinajstić information content (AvgIpc) is 2.38. The molecule has 0 saturated carbocycles. The summed E-state index contributed by atoms with van der Waals surface area (Å²) in [6.45, 7) is 4.42. The van der Waals surface area contributed by atoms with Crippen LogP contribution in [0.2, 0.25) is 0 Å². The third kappa shape index (κ3) is 14.6. The summed E-state index contributed by atoms with van der Waals surface area (Å²) in [7, 11) is 0. The summed E-state index contributed by atoms with van der Waals surface area (Å²) in [5, 5.41) is 8.89. The van der Waals surface area contributed by atoms with Crippen LogP contribution in [0.4, 0.5) is 0 Å². The van der Waals surface area contributed by atoms with E-state index in [2.05, 4.69) is 42.1 Å². The Morgan fingerprint density at radius 2 is 1.42 bits per heavy atom. The fourth-order valence-corrected chi connectivity index (χ4v) is 1.83. The van der Waals surface area contributed by atoms with E-state index < -0.39 is 5.97 Å². The number of nitrogens with zero attached hydrogens (tertiary/aromatic N) is 1. The van der Waals surface area contributed by atoms with Crippen LogP contribution in [-0.2, 0) is 11.3 Å². The number of rotatable bonds is 8. The summed E-state index contributed by atoms with van der Waals surface area (Å²) in [6, 6.07) is 6.27. The first-order valence-corrected chi connectivity index (χ1v) is 7.28. The Labute approximate surface area is 117 Å².